The molecule has 6 heteroatoms. The predicted molar refractivity (Wildman–Crippen MR) is 82.7 cm³/mol. The highest BCUT2D eigenvalue weighted by Gasteiger charge is 2.26. The van der Waals surface area contributed by atoms with Crippen molar-refractivity contribution in [2.45, 2.75) is 19.1 Å². The summed E-state index contributed by atoms with van der Waals surface area (Å²) in [6, 6.07) is 7.71. The number of aliphatic hydroxyl groups excluding tert-OH is 1. The molecule has 1 saturated heterocycles. The van der Waals surface area contributed by atoms with Crippen LogP contribution in [-0.4, -0.2) is 30.2 Å². The van der Waals surface area contributed by atoms with E-state index in [1.54, 1.807) is 0 Å². The molecule has 0 aliphatic carbocycles. The Bertz CT molecular complexity index is 655. The van der Waals surface area contributed by atoms with Gasteiger partial charge in [-0.2, -0.15) is 0 Å². The van der Waals surface area contributed by atoms with Gasteiger partial charge in [0.05, 0.1) is 12.6 Å². The van der Waals surface area contributed by atoms with Crippen LogP contribution in [0.4, 0.5) is 0 Å². The third kappa shape index (κ3) is 3.45. The first-order valence-corrected chi connectivity index (χ1v) is 7.74. The molecule has 0 spiro atoms. The standard InChI is InChI=1S/C15H17BrN2O3/c16-11-1-2-14-9(3-11)4-12(21-14)7-18-15(20)5-10-6-17-8-13(10)19/h1-4,10,13,17,19H,5-8H2,(H,18,20)/t10-,13-/m1/s1. The van der Waals surface area contributed by atoms with Gasteiger partial charge in [-0.1, -0.05) is 15.9 Å². The lowest BCUT2D eigenvalue weighted by Crippen LogP contribution is -2.29. The molecule has 2 atom stereocenters. The molecule has 5 nitrogen and oxygen atoms in total. The van der Waals surface area contributed by atoms with Crippen LogP contribution >= 0.6 is 15.9 Å². The van der Waals surface area contributed by atoms with Crippen LogP contribution in [0.3, 0.4) is 0 Å². The second-order valence-corrected chi connectivity index (χ2v) is 6.28. The molecule has 21 heavy (non-hydrogen) atoms. The third-order valence-electron chi connectivity index (χ3n) is 3.74. The maximum absolute atomic E-state index is 11.9. The van der Waals surface area contributed by atoms with Crippen LogP contribution in [-0.2, 0) is 11.3 Å². The first-order valence-electron chi connectivity index (χ1n) is 6.95. The van der Waals surface area contributed by atoms with Gasteiger partial charge in [-0.3, -0.25) is 4.79 Å². The van der Waals surface area contributed by atoms with E-state index in [4.69, 9.17) is 4.42 Å². The summed E-state index contributed by atoms with van der Waals surface area (Å²) in [5.74, 6) is 0.655. The van der Waals surface area contributed by atoms with Gasteiger partial charge in [0.1, 0.15) is 11.3 Å². The number of hydrogen-bond donors (Lipinski definition) is 3. The van der Waals surface area contributed by atoms with Crippen molar-refractivity contribution < 1.29 is 14.3 Å². The maximum atomic E-state index is 11.9. The number of nitrogens with one attached hydrogen (secondary N) is 2. The summed E-state index contributed by atoms with van der Waals surface area (Å²) in [4.78, 5) is 11.9. The van der Waals surface area contributed by atoms with Gasteiger partial charge in [0, 0.05) is 35.3 Å². The highest BCUT2D eigenvalue weighted by Crippen LogP contribution is 2.23. The first kappa shape index (κ1) is 14.6. The molecule has 1 aliphatic rings. The highest BCUT2D eigenvalue weighted by molar-refractivity contribution is 9.10. The Kier molecular flexibility index (Phi) is 4.28. The summed E-state index contributed by atoms with van der Waals surface area (Å²) in [7, 11) is 0. The van der Waals surface area contributed by atoms with Crippen LogP contribution in [0.1, 0.15) is 12.2 Å². The lowest BCUT2D eigenvalue weighted by Gasteiger charge is -2.12. The average Bonchev–Trinajstić information content (AvgIpc) is 3.02. The minimum atomic E-state index is -0.431. The molecule has 1 aromatic heterocycles. The van der Waals surface area contributed by atoms with Gasteiger partial charge in [-0.05, 0) is 24.3 Å². The van der Waals surface area contributed by atoms with Crippen LogP contribution < -0.4 is 10.6 Å². The van der Waals surface area contributed by atoms with Crippen molar-refractivity contribution in [2.24, 2.45) is 5.92 Å². The number of hydrogen-bond acceptors (Lipinski definition) is 4. The topological polar surface area (TPSA) is 74.5 Å². The smallest absolute Gasteiger partial charge is 0.220 e. The van der Waals surface area contributed by atoms with Crippen molar-refractivity contribution in [1.82, 2.24) is 10.6 Å². The molecule has 1 aromatic carbocycles. The van der Waals surface area contributed by atoms with Crippen LogP contribution in [0, 0.1) is 5.92 Å². The first-order chi connectivity index (χ1) is 10.1. The van der Waals surface area contributed by atoms with Gasteiger partial charge < -0.3 is 20.2 Å². The fraction of sp³-hybridized carbons (Fsp3) is 0.400. The summed E-state index contributed by atoms with van der Waals surface area (Å²) < 4.78 is 6.66. The summed E-state index contributed by atoms with van der Waals surface area (Å²) in [5, 5.41) is 16.6. The predicted octanol–water partition coefficient (Wildman–Crippen LogP) is 1.78. The molecule has 2 heterocycles. The van der Waals surface area contributed by atoms with E-state index in [1.807, 2.05) is 24.3 Å². The molecule has 1 aliphatic heterocycles. The number of fused-ring (bicyclic) bond motifs is 1. The number of benzene rings is 1. The van der Waals surface area contributed by atoms with Gasteiger partial charge >= 0.3 is 0 Å². The Morgan fingerprint density at radius 2 is 2.29 bits per heavy atom. The number of carbonyl (C=O) groups excluding carboxylic acids is 1. The molecular formula is C15H17BrN2O3. The average molecular weight is 353 g/mol. The van der Waals surface area contributed by atoms with E-state index < -0.39 is 6.10 Å². The molecular weight excluding hydrogens is 336 g/mol. The lowest BCUT2D eigenvalue weighted by atomic mass is 10.0. The molecule has 0 radical (unpaired) electrons. The fourth-order valence-corrected chi connectivity index (χ4v) is 2.96. The van der Waals surface area contributed by atoms with E-state index in [0.717, 1.165) is 21.2 Å². The van der Waals surface area contributed by atoms with Gasteiger partial charge in [0.2, 0.25) is 5.91 Å². The van der Waals surface area contributed by atoms with Gasteiger partial charge in [0.15, 0.2) is 0 Å². The Morgan fingerprint density at radius 1 is 1.43 bits per heavy atom. The number of amides is 1. The minimum absolute atomic E-state index is 0.00312. The number of furan rings is 1. The Balaban J connectivity index is 1.57. The number of β-amino-alcohol motifs (C(OH)–C–C–N with tert-alkyl or cyclic N) is 1. The van der Waals surface area contributed by atoms with Crippen molar-refractivity contribution in [3.8, 4) is 0 Å². The largest absolute Gasteiger partial charge is 0.459 e. The zero-order chi connectivity index (χ0) is 14.8. The molecule has 0 unspecified atom stereocenters. The molecule has 1 fully saturated rings. The summed E-state index contributed by atoms with van der Waals surface area (Å²) in [6.07, 6.45) is -0.0979. The van der Waals surface area contributed by atoms with Crippen LogP contribution in [0.2, 0.25) is 0 Å². The maximum Gasteiger partial charge on any atom is 0.220 e. The third-order valence-corrected chi connectivity index (χ3v) is 4.23. The van der Waals surface area contributed by atoms with E-state index in [0.29, 0.717) is 26.1 Å². The number of halogens is 1. The number of carbonyl (C=O) groups is 1. The fourth-order valence-electron chi connectivity index (χ4n) is 2.58. The van der Waals surface area contributed by atoms with E-state index in [2.05, 4.69) is 26.6 Å². The normalized spacial score (nSPS) is 21.8. The van der Waals surface area contributed by atoms with Crippen LogP contribution in [0.25, 0.3) is 11.0 Å². The van der Waals surface area contributed by atoms with Crippen LogP contribution in [0.5, 0.6) is 0 Å². The van der Waals surface area contributed by atoms with Gasteiger partial charge in [-0.15, -0.1) is 0 Å². The van der Waals surface area contributed by atoms with E-state index >= 15 is 0 Å². The molecule has 1 amide bonds. The molecule has 3 rings (SSSR count). The Labute approximate surface area is 130 Å². The molecule has 2 aromatic rings. The number of aliphatic hydroxyl groups is 1. The Morgan fingerprint density at radius 3 is 3.05 bits per heavy atom. The monoisotopic (exact) mass is 352 g/mol. The van der Waals surface area contributed by atoms with Crippen molar-refractivity contribution in [1.29, 1.82) is 0 Å². The van der Waals surface area contributed by atoms with Crippen LogP contribution in [0.15, 0.2) is 33.2 Å². The lowest BCUT2D eigenvalue weighted by molar-refractivity contribution is -0.122. The van der Waals surface area contributed by atoms with Crippen molar-refractivity contribution >= 4 is 32.8 Å². The SMILES string of the molecule is O=C(C[C@@H]1CNC[C@H]1O)NCc1cc2cc(Br)ccc2o1. The molecule has 3 N–H and O–H groups in total. The van der Waals surface area contributed by atoms with Gasteiger partial charge in [0.25, 0.3) is 0 Å². The number of rotatable bonds is 4. The zero-order valence-corrected chi connectivity index (χ0v) is 13.0. The summed E-state index contributed by atoms with van der Waals surface area (Å²) >= 11 is 3.42. The summed E-state index contributed by atoms with van der Waals surface area (Å²) in [5.41, 5.74) is 0.804. The Hall–Kier alpha value is -1.37. The zero-order valence-electron chi connectivity index (χ0n) is 11.4. The summed E-state index contributed by atoms with van der Waals surface area (Å²) in [6.45, 7) is 1.62. The van der Waals surface area contributed by atoms with Gasteiger partial charge in [-0.25, -0.2) is 0 Å². The minimum Gasteiger partial charge on any atom is -0.459 e. The van der Waals surface area contributed by atoms with E-state index in [1.165, 1.54) is 0 Å². The highest BCUT2D eigenvalue weighted by atomic mass is 79.9. The second kappa shape index (κ2) is 6.17. The second-order valence-electron chi connectivity index (χ2n) is 5.36. The van der Waals surface area contributed by atoms with E-state index in [-0.39, 0.29) is 11.8 Å². The quantitative estimate of drug-likeness (QED) is 0.784. The van der Waals surface area contributed by atoms with Crippen molar-refractivity contribution in [3.63, 3.8) is 0 Å². The molecule has 0 bridgehead atoms. The molecule has 112 valence electrons. The van der Waals surface area contributed by atoms with Crippen molar-refractivity contribution in [2.75, 3.05) is 13.1 Å². The van der Waals surface area contributed by atoms with Crippen molar-refractivity contribution in [3.05, 3.63) is 34.5 Å². The molecule has 0 saturated carbocycles. The van der Waals surface area contributed by atoms with E-state index in [9.17, 15) is 9.90 Å².